The third-order valence-electron chi connectivity index (χ3n) is 12.8. The van der Waals surface area contributed by atoms with Crippen LogP contribution in [0.25, 0.3) is 0 Å². The molecule has 392 valence electrons. The molecule has 0 aromatic carbocycles. The molecule has 0 bridgehead atoms. The Labute approximate surface area is 409 Å². The highest BCUT2D eigenvalue weighted by molar-refractivity contribution is 7.44. The molecule has 0 radical (unpaired) electrons. The standard InChI is InChI=1S/C18H34N3O3P.C14H23NO4.C9H17NO2.C8H15NO3/c1-7-16-17(10-12-20(16)18(22)8-2)24-25(23-13-9-11-19)21(14(3)4)15(5)6;1-4-11-12(8-9-15(11)13(17)5-2)19-14(18)7-6-10(3)16;1-3-7-8(11)5-6-10(7)9(12)4-2;1-2-8(12)9-4-3-7(11)6(9)5-10/h14-17H,7-10,12-13H2,1-6H3;11-12H,4-9H2,1-3H3;7-8,11H,3-6H2,1-2H3;6-7,10-11H,2-5H2,1H3/t16-,17+,25?;11-,12+;7-,8+;6-,7-/m0000/s1. The highest BCUT2D eigenvalue weighted by Gasteiger charge is 2.41. The zero-order chi connectivity index (χ0) is 51.7. The Balaban J connectivity index is 0.000000475. The van der Waals surface area contributed by atoms with Gasteiger partial charge in [0.25, 0.3) is 8.53 Å². The summed E-state index contributed by atoms with van der Waals surface area (Å²) in [5, 5.41) is 36.6. The summed E-state index contributed by atoms with van der Waals surface area (Å²) >= 11 is 0. The fourth-order valence-corrected chi connectivity index (χ4v) is 11.0. The Morgan fingerprint density at radius 2 is 1.03 bits per heavy atom. The van der Waals surface area contributed by atoms with Gasteiger partial charge in [0.15, 0.2) is 0 Å². The van der Waals surface area contributed by atoms with E-state index in [0.717, 1.165) is 45.2 Å². The molecule has 68 heavy (non-hydrogen) atoms. The number of ketones is 1. The number of amides is 4. The smallest absolute Gasteiger partial charge is 0.306 e. The number of nitriles is 1. The van der Waals surface area contributed by atoms with Gasteiger partial charge in [-0.25, -0.2) is 4.67 Å². The first-order valence-corrected chi connectivity index (χ1v) is 26.5. The van der Waals surface area contributed by atoms with Crippen molar-refractivity contribution in [3.8, 4) is 6.07 Å². The van der Waals surface area contributed by atoms with E-state index in [0.29, 0.717) is 64.6 Å². The summed E-state index contributed by atoms with van der Waals surface area (Å²) in [5.41, 5.74) is 0. The van der Waals surface area contributed by atoms with Crippen LogP contribution in [0.3, 0.4) is 0 Å². The number of aliphatic hydroxyl groups is 3. The second-order valence-corrected chi connectivity index (χ2v) is 19.6. The Bertz CT molecular complexity index is 1540. The summed E-state index contributed by atoms with van der Waals surface area (Å²) in [6, 6.07) is 2.46. The number of carbonyl (C=O) groups excluding carboxylic acids is 6. The molecule has 4 saturated heterocycles. The minimum atomic E-state index is -1.26. The van der Waals surface area contributed by atoms with Crippen molar-refractivity contribution in [3.63, 3.8) is 0 Å². The lowest BCUT2D eigenvalue weighted by Crippen LogP contribution is -2.41. The molecule has 3 N–H and O–H groups in total. The zero-order valence-electron chi connectivity index (χ0n) is 43.6. The number of aliphatic hydroxyl groups excluding tert-OH is 3. The van der Waals surface area contributed by atoms with Crippen LogP contribution in [0, 0.1) is 11.3 Å². The summed E-state index contributed by atoms with van der Waals surface area (Å²) in [7, 11) is -1.26. The second kappa shape index (κ2) is 33.3. The molecule has 0 aromatic rings. The lowest BCUT2D eigenvalue weighted by Gasteiger charge is -2.38. The molecule has 19 heteroatoms. The summed E-state index contributed by atoms with van der Waals surface area (Å²) in [4.78, 5) is 76.1. The Hall–Kier alpha value is -3.30. The van der Waals surface area contributed by atoms with Gasteiger partial charge in [0.1, 0.15) is 11.9 Å². The highest BCUT2D eigenvalue weighted by atomic mass is 31.2. The molecule has 18 nitrogen and oxygen atoms in total. The highest BCUT2D eigenvalue weighted by Crippen LogP contribution is 2.49. The predicted molar refractivity (Wildman–Crippen MR) is 261 cm³/mol. The number of ether oxygens (including phenoxy) is 1. The quantitative estimate of drug-likeness (QED) is 0.0736. The number of hydrogen-bond acceptors (Lipinski definition) is 14. The van der Waals surface area contributed by atoms with E-state index in [2.05, 4.69) is 45.4 Å². The van der Waals surface area contributed by atoms with Crippen molar-refractivity contribution in [1.82, 2.24) is 24.3 Å². The van der Waals surface area contributed by atoms with Gasteiger partial charge >= 0.3 is 5.97 Å². The number of likely N-dealkylation sites (tertiary alicyclic amines) is 4. The fourth-order valence-electron chi connectivity index (χ4n) is 9.23. The first-order chi connectivity index (χ1) is 32.3. The number of rotatable bonds is 20. The molecule has 0 aliphatic carbocycles. The monoisotopic (exact) mass is 985 g/mol. The fraction of sp³-hybridized carbons (Fsp3) is 0.857. The van der Waals surface area contributed by atoms with Gasteiger partial charge in [-0.3, -0.25) is 24.0 Å². The van der Waals surface area contributed by atoms with E-state index in [1.807, 2.05) is 49.3 Å². The topological polar surface area (TPSA) is 231 Å². The molecule has 9 atom stereocenters. The average molecular weight is 985 g/mol. The van der Waals surface area contributed by atoms with E-state index in [4.69, 9.17) is 24.2 Å². The van der Waals surface area contributed by atoms with Crippen LogP contribution in [-0.4, -0.2) is 175 Å². The van der Waals surface area contributed by atoms with Crippen molar-refractivity contribution < 1.29 is 57.9 Å². The molecular weight excluding hydrogens is 896 g/mol. The van der Waals surface area contributed by atoms with E-state index in [9.17, 15) is 39.0 Å². The van der Waals surface area contributed by atoms with Crippen molar-refractivity contribution in [2.24, 2.45) is 0 Å². The lowest BCUT2D eigenvalue weighted by atomic mass is 10.1. The van der Waals surface area contributed by atoms with Gasteiger partial charge < -0.3 is 53.5 Å². The van der Waals surface area contributed by atoms with E-state index in [1.54, 1.807) is 11.8 Å². The average Bonchev–Trinajstić information content (AvgIpc) is 4.12. The van der Waals surface area contributed by atoms with E-state index in [-0.39, 0.29) is 109 Å². The van der Waals surface area contributed by atoms with Crippen molar-refractivity contribution in [2.45, 2.75) is 234 Å². The number of esters is 1. The molecule has 0 aromatic heterocycles. The maximum atomic E-state index is 12.2. The Morgan fingerprint density at radius 3 is 1.43 bits per heavy atom. The maximum Gasteiger partial charge on any atom is 0.306 e. The van der Waals surface area contributed by atoms with Gasteiger partial charge in [-0.2, -0.15) is 5.26 Å². The largest absolute Gasteiger partial charge is 0.460 e. The van der Waals surface area contributed by atoms with Gasteiger partial charge in [0, 0.05) is 76.8 Å². The molecule has 0 saturated carbocycles. The number of nitrogens with zero attached hydrogens (tertiary/aromatic N) is 6. The van der Waals surface area contributed by atoms with Crippen molar-refractivity contribution in [1.29, 1.82) is 5.26 Å². The number of carbonyl (C=O) groups is 6. The zero-order valence-corrected chi connectivity index (χ0v) is 44.5. The number of hydrogen-bond donors (Lipinski definition) is 3. The normalized spacial score (nSPS) is 24.7. The molecule has 4 rings (SSSR count). The minimum absolute atomic E-state index is 0.00519. The molecular formula is C49H89N6O12P. The lowest BCUT2D eigenvalue weighted by molar-refractivity contribution is -0.152. The minimum Gasteiger partial charge on any atom is -0.460 e. The third-order valence-corrected chi connectivity index (χ3v) is 14.9. The molecule has 4 aliphatic rings. The van der Waals surface area contributed by atoms with Gasteiger partial charge in [-0.1, -0.05) is 48.5 Å². The second-order valence-electron chi connectivity index (χ2n) is 18.1. The van der Waals surface area contributed by atoms with Crippen molar-refractivity contribution >= 4 is 43.9 Å². The summed E-state index contributed by atoms with van der Waals surface area (Å²) in [5.74, 6) is 0.109. The van der Waals surface area contributed by atoms with Crippen LogP contribution in [-0.2, 0) is 42.6 Å². The molecule has 1 unspecified atom stereocenters. The van der Waals surface area contributed by atoms with E-state index < -0.39 is 14.6 Å². The van der Waals surface area contributed by atoms with Crippen LogP contribution in [0.15, 0.2) is 0 Å². The van der Waals surface area contributed by atoms with Gasteiger partial charge in [0.05, 0.1) is 74.6 Å². The SMILES string of the molecule is CCC(=O)N1CC[C@@H](O)[C@@H]1CC.CCC(=O)N1CC[C@@H](OC(=O)CCC(C)=O)[C@@H]1CC.CCC(=O)N1CC[C@@H](OP(OCCC#N)N(C(C)C)C(C)C)[C@@H]1CC.CCC(=O)N1CC[C@H](O)[C@@H]1CO. The van der Waals surface area contributed by atoms with Crippen LogP contribution >= 0.6 is 8.53 Å². The third kappa shape index (κ3) is 19.5. The molecule has 4 heterocycles. The van der Waals surface area contributed by atoms with Gasteiger partial charge in [0.2, 0.25) is 23.6 Å². The maximum absolute atomic E-state index is 12.2. The first-order valence-electron chi connectivity index (χ1n) is 25.4. The van der Waals surface area contributed by atoms with Crippen LogP contribution in [0.4, 0.5) is 0 Å². The number of Topliss-reactive ketones (excluding diaryl/α,β-unsaturated/α-hetero) is 1. The molecule has 4 fully saturated rings. The van der Waals surface area contributed by atoms with E-state index >= 15 is 0 Å². The summed E-state index contributed by atoms with van der Waals surface area (Å²) in [6.45, 7) is 26.4. The Kier molecular flexibility index (Phi) is 30.7. The van der Waals surface area contributed by atoms with Crippen LogP contribution in [0.5, 0.6) is 0 Å². The summed E-state index contributed by atoms with van der Waals surface area (Å²) < 4.78 is 20.1. The van der Waals surface area contributed by atoms with Crippen molar-refractivity contribution in [3.05, 3.63) is 0 Å². The van der Waals surface area contributed by atoms with E-state index in [1.165, 1.54) is 6.92 Å². The van der Waals surface area contributed by atoms with Gasteiger partial charge in [-0.05, 0) is 73.1 Å². The Morgan fingerprint density at radius 1 is 0.632 bits per heavy atom. The van der Waals surface area contributed by atoms with Crippen LogP contribution in [0.2, 0.25) is 0 Å². The van der Waals surface area contributed by atoms with Gasteiger partial charge in [-0.15, -0.1) is 0 Å². The van der Waals surface area contributed by atoms with Crippen LogP contribution < -0.4 is 0 Å². The summed E-state index contributed by atoms with van der Waals surface area (Å²) in [6.07, 6.45) is 6.97. The molecule has 4 aliphatic heterocycles. The van der Waals surface area contributed by atoms with Crippen molar-refractivity contribution in [2.75, 3.05) is 39.4 Å². The predicted octanol–water partition coefficient (Wildman–Crippen LogP) is 5.88. The van der Waals surface area contributed by atoms with Crippen LogP contribution in [0.1, 0.15) is 173 Å². The molecule has 4 amide bonds. The molecule has 0 spiro atoms. The first kappa shape index (κ1) is 62.7.